The third-order valence-electron chi connectivity index (χ3n) is 3.69. The first-order valence-corrected chi connectivity index (χ1v) is 7.61. The summed E-state index contributed by atoms with van der Waals surface area (Å²) in [7, 11) is 0. The van der Waals surface area contributed by atoms with E-state index in [9.17, 15) is 9.59 Å². The molecule has 0 atom stereocenters. The van der Waals surface area contributed by atoms with Crippen molar-refractivity contribution in [3.63, 3.8) is 0 Å². The summed E-state index contributed by atoms with van der Waals surface area (Å²) in [4.78, 5) is 26.0. The largest absolute Gasteiger partial charge is 0.343 e. The quantitative estimate of drug-likeness (QED) is 0.794. The van der Waals surface area contributed by atoms with Crippen LogP contribution in [0.15, 0.2) is 24.3 Å². The van der Waals surface area contributed by atoms with Gasteiger partial charge in [-0.05, 0) is 37.1 Å². The molecule has 0 aromatic heterocycles. The molecule has 3 nitrogen and oxygen atoms in total. The van der Waals surface area contributed by atoms with Crippen molar-refractivity contribution in [1.29, 1.82) is 0 Å². The summed E-state index contributed by atoms with van der Waals surface area (Å²) in [5, 5.41) is 0.613. The highest BCUT2D eigenvalue weighted by Gasteiger charge is 2.16. The minimum absolute atomic E-state index is 0.00448. The molecule has 108 valence electrons. The Morgan fingerprint density at radius 1 is 0.950 bits per heavy atom. The van der Waals surface area contributed by atoms with E-state index in [0.29, 0.717) is 17.0 Å². The number of amides is 1. The number of Topliss-reactive ketones (excluding diaryl/α,β-unsaturated/α-hetero) is 1. The van der Waals surface area contributed by atoms with Crippen LogP contribution in [0.3, 0.4) is 0 Å². The SMILES string of the molecule is O=C(CCC(=O)N1CCCCCC1)c1ccc(Cl)cc1. The molecule has 0 spiro atoms. The third kappa shape index (κ3) is 4.34. The van der Waals surface area contributed by atoms with Crippen molar-refractivity contribution in [2.45, 2.75) is 38.5 Å². The lowest BCUT2D eigenvalue weighted by atomic mass is 10.1. The number of likely N-dealkylation sites (tertiary alicyclic amines) is 1. The topological polar surface area (TPSA) is 37.4 Å². The van der Waals surface area contributed by atoms with Crippen LogP contribution in [-0.2, 0) is 4.79 Å². The van der Waals surface area contributed by atoms with Crippen molar-refractivity contribution in [3.8, 4) is 0 Å². The molecule has 1 aromatic rings. The molecule has 1 aromatic carbocycles. The van der Waals surface area contributed by atoms with E-state index in [-0.39, 0.29) is 18.1 Å². The van der Waals surface area contributed by atoms with Gasteiger partial charge in [0, 0.05) is 36.5 Å². The highest BCUT2D eigenvalue weighted by molar-refractivity contribution is 6.30. The van der Waals surface area contributed by atoms with Crippen LogP contribution in [0.4, 0.5) is 0 Å². The number of benzene rings is 1. The van der Waals surface area contributed by atoms with Gasteiger partial charge in [0.25, 0.3) is 0 Å². The molecule has 0 aliphatic carbocycles. The minimum atomic E-state index is 0.00448. The number of hydrogen-bond acceptors (Lipinski definition) is 2. The molecule has 2 rings (SSSR count). The van der Waals surface area contributed by atoms with Crippen LogP contribution in [0.5, 0.6) is 0 Å². The van der Waals surface area contributed by atoms with Crippen LogP contribution < -0.4 is 0 Å². The van der Waals surface area contributed by atoms with E-state index >= 15 is 0 Å². The summed E-state index contributed by atoms with van der Waals surface area (Å²) in [5.41, 5.74) is 0.623. The standard InChI is InChI=1S/C16H20ClNO2/c17-14-7-5-13(6-8-14)15(19)9-10-16(20)18-11-3-1-2-4-12-18/h5-8H,1-4,9-12H2. The van der Waals surface area contributed by atoms with Gasteiger partial charge in [-0.25, -0.2) is 0 Å². The van der Waals surface area contributed by atoms with Crippen molar-refractivity contribution < 1.29 is 9.59 Å². The van der Waals surface area contributed by atoms with Crippen LogP contribution in [0.2, 0.25) is 5.02 Å². The molecule has 0 saturated carbocycles. The molecule has 1 saturated heterocycles. The summed E-state index contributed by atoms with van der Waals surface area (Å²) in [5.74, 6) is 0.110. The zero-order valence-electron chi connectivity index (χ0n) is 11.6. The molecule has 1 fully saturated rings. The Morgan fingerprint density at radius 2 is 1.55 bits per heavy atom. The second kappa shape index (κ2) is 7.44. The second-order valence-electron chi connectivity index (χ2n) is 5.23. The highest BCUT2D eigenvalue weighted by Crippen LogP contribution is 2.14. The molecule has 1 aliphatic rings. The molecule has 20 heavy (non-hydrogen) atoms. The third-order valence-corrected chi connectivity index (χ3v) is 3.94. The fourth-order valence-electron chi connectivity index (χ4n) is 2.48. The van der Waals surface area contributed by atoms with Crippen molar-refractivity contribution in [1.82, 2.24) is 4.90 Å². The number of rotatable bonds is 4. The fourth-order valence-corrected chi connectivity index (χ4v) is 2.60. The van der Waals surface area contributed by atoms with Gasteiger partial charge in [-0.15, -0.1) is 0 Å². The lowest BCUT2D eigenvalue weighted by molar-refractivity contribution is -0.131. The monoisotopic (exact) mass is 293 g/mol. The summed E-state index contributed by atoms with van der Waals surface area (Å²) >= 11 is 5.79. The van der Waals surface area contributed by atoms with Gasteiger partial charge in [0.05, 0.1) is 0 Å². The molecule has 1 amide bonds. The van der Waals surface area contributed by atoms with Gasteiger partial charge in [-0.2, -0.15) is 0 Å². The van der Waals surface area contributed by atoms with Crippen LogP contribution in [0.1, 0.15) is 48.9 Å². The smallest absolute Gasteiger partial charge is 0.223 e. The second-order valence-corrected chi connectivity index (χ2v) is 5.66. The van der Waals surface area contributed by atoms with Crippen LogP contribution in [0.25, 0.3) is 0 Å². The molecule has 0 N–H and O–H groups in total. The Kier molecular flexibility index (Phi) is 5.60. The van der Waals surface area contributed by atoms with Gasteiger partial charge in [0.1, 0.15) is 0 Å². The number of nitrogens with zero attached hydrogens (tertiary/aromatic N) is 1. The van der Waals surface area contributed by atoms with Crippen molar-refractivity contribution in [2.75, 3.05) is 13.1 Å². The Balaban J connectivity index is 1.83. The van der Waals surface area contributed by atoms with E-state index in [2.05, 4.69) is 0 Å². The van der Waals surface area contributed by atoms with E-state index in [4.69, 9.17) is 11.6 Å². The summed E-state index contributed by atoms with van der Waals surface area (Å²) in [6.07, 6.45) is 5.15. The van der Waals surface area contributed by atoms with E-state index in [1.54, 1.807) is 24.3 Å². The Labute approximate surface area is 124 Å². The van der Waals surface area contributed by atoms with E-state index in [1.807, 2.05) is 4.90 Å². The first kappa shape index (κ1) is 15.0. The fraction of sp³-hybridized carbons (Fsp3) is 0.500. The van der Waals surface area contributed by atoms with Crippen LogP contribution >= 0.6 is 11.6 Å². The average Bonchev–Trinajstić information content (AvgIpc) is 2.74. The predicted molar refractivity (Wildman–Crippen MR) is 80.1 cm³/mol. The molecule has 0 unspecified atom stereocenters. The maximum Gasteiger partial charge on any atom is 0.223 e. The summed E-state index contributed by atoms with van der Waals surface area (Å²) in [6, 6.07) is 6.82. The van der Waals surface area contributed by atoms with E-state index < -0.39 is 0 Å². The molecule has 0 radical (unpaired) electrons. The summed E-state index contributed by atoms with van der Waals surface area (Å²) < 4.78 is 0. The van der Waals surface area contributed by atoms with Crippen LogP contribution in [0, 0.1) is 0 Å². The lowest BCUT2D eigenvalue weighted by Crippen LogP contribution is -2.32. The molecule has 1 aliphatic heterocycles. The van der Waals surface area contributed by atoms with Crippen molar-refractivity contribution in [3.05, 3.63) is 34.9 Å². The maximum absolute atomic E-state index is 12.1. The van der Waals surface area contributed by atoms with Gasteiger partial charge in [0.15, 0.2) is 5.78 Å². The normalized spacial score (nSPS) is 15.8. The molecular weight excluding hydrogens is 274 g/mol. The number of ketones is 1. The number of carbonyl (C=O) groups excluding carboxylic acids is 2. The molecule has 0 bridgehead atoms. The van der Waals surface area contributed by atoms with Gasteiger partial charge < -0.3 is 4.90 Å². The molecule has 1 heterocycles. The van der Waals surface area contributed by atoms with Gasteiger partial charge >= 0.3 is 0 Å². The molecular formula is C16H20ClNO2. The molecule has 4 heteroatoms. The van der Waals surface area contributed by atoms with Crippen molar-refractivity contribution in [2.24, 2.45) is 0 Å². The zero-order valence-corrected chi connectivity index (χ0v) is 12.4. The minimum Gasteiger partial charge on any atom is -0.343 e. The van der Waals surface area contributed by atoms with Gasteiger partial charge in [0.2, 0.25) is 5.91 Å². The Bertz CT molecular complexity index is 462. The van der Waals surface area contributed by atoms with E-state index in [0.717, 1.165) is 25.9 Å². The zero-order chi connectivity index (χ0) is 14.4. The van der Waals surface area contributed by atoms with E-state index in [1.165, 1.54) is 12.8 Å². The summed E-state index contributed by atoms with van der Waals surface area (Å²) in [6.45, 7) is 1.68. The number of halogens is 1. The predicted octanol–water partition coefficient (Wildman–Crippen LogP) is 3.71. The van der Waals surface area contributed by atoms with Gasteiger partial charge in [-0.1, -0.05) is 24.4 Å². The number of carbonyl (C=O) groups is 2. The van der Waals surface area contributed by atoms with Gasteiger partial charge in [-0.3, -0.25) is 9.59 Å². The Hall–Kier alpha value is -1.35. The Morgan fingerprint density at radius 3 is 2.15 bits per heavy atom. The first-order chi connectivity index (χ1) is 9.66. The van der Waals surface area contributed by atoms with Crippen molar-refractivity contribution >= 4 is 23.3 Å². The maximum atomic E-state index is 12.1. The first-order valence-electron chi connectivity index (χ1n) is 7.23. The lowest BCUT2D eigenvalue weighted by Gasteiger charge is -2.20. The van der Waals surface area contributed by atoms with Crippen LogP contribution in [-0.4, -0.2) is 29.7 Å². The number of hydrogen-bond donors (Lipinski definition) is 0. The average molecular weight is 294 g/mol. The highest BCUT2D eigenvalue weighted by atomic mass is 35.5.